The monoisotopic (exact) mass is 354 g/mol. The Hall–Kier alpha value is -2.44. The van der Waals surface area contributed by atoms with E-state index < -0.39 is 12.0 Å². The number of hydrogen-bond donors (Lipinski definition) is 2. The van der Waals surface area contributed by atoms with E-state index in [0.717, 1.165) is 0 Å². The van der Waals surface area contributed by atoms with Crippen molar-refractivity contribution in [3.05, 3.63) is 52.0 Å². The van der Waals surface area contributed by atoms with Crippen molar-refractivity contribution in [2.24, 2.45) is 5.73 Å². The summed E-state index contributed by atoms with van der Waals surface area (Å²) < 4.78 is 9.84. The molecule has 8 heteroatoms. The van der Waals surface area contributed by atoms with Crippen molar-refractivity contribution in [3.63, 3.8) is 0 Å². The van der Waals surface area contributed by atoms with Crippen LogP contribution >= 0.6 is 23.2 Å². The number of carbonyl (C=O) groups is 2. The van der Waals surface area contributed by atoms with Gasteiger partial charge in [0.2, 0.25) is 0 Å². The summed E-state index contributed by atoms with van der Waals surface area (Å²) in [5.41, 5.74) is 5.70. The lowest BCUT2D eigenvalue weighted by Gasteiger charge is -2.10. The second-order valence-corrected chi connectivity index (χ2v) is 5.18. The van der Waals surface area contributed by atoms with Gasteiger partial charge in [0, 0.05) is 11.3 Å². The van der Waals surface area contributed by atoms with E-state index in [-0.39, 0.29) is 17.1 Å². The van der Waals surface area contributed by atoms with E-state index in [9.17, 15) is 9.59 Å². The highest BCUT2D eigenvalue weighted by Gasteiger charge is 2.13. The molecule has 0 spiro atoms. The van der Waals surface area contributed by atoms with Crippen LogP contribution in [-0.2, 0) is 0 Å². The molecular weight excluding hydrogens is 343 g/mol. The molecule has 0 aliphatic rings. The third-order valence-corrected chi connectivity index (χ3v) is 3.55. The van der Waals surface area contributed by atoms with Crippen molar-refractivity contribution in [2.45, 2.75) is 0 Å². The SMILES string of the molecule is COc1ccc(C(=O)Nc2ccc(Cl)c(Cl)c2)cc1OC(N)=O. The van der Waals surface area contributed by atoms with Crippen molar-refractivity contribution in [2.75, 3.05) is 12.4 Å². The highest BCUT2D eigenvalue weighted by Crippen LogP contribution is 2.29. The number of nitrogens with one attached hydrogen (secondary N) is 1. The first-order chi connectivity index (χ1) is 10.9. The first kappa shape index (κ1) is 16.9. The van der Waals surface area contributed by atoms with Gasteiger partial charge in [0.15, 0.2) is 11.5 Å². The molecule has 23 heavy (non-hydrogen) atoms. The van der Waals surface area contributed by atoms with E-state index in [1.807, 2.05) is 0 Å². The third-order valence-electron chi connectivity index (χ3n) is 2.81. The summed E-state index contributed by atoms with van der Waals surface area (Å²) in [6.45, 7) is 0. The van der Waals surface area contributed by atoms with Crippen molar-refractivity contribution < 1.29 is 19.1 Å². The Balaban J connectivity index is 2.24. The van der Waals surface area contributed by atoms with Gasteiger partial charge in [0.1, 0.15) is 0 Å². The molecule has 3 N–H and O–H groups in total. The van der Waals surface area contributed by atoms with Crippen LogP contribution in [-0.4, -0.2) is 19.1 Å². The van der Waals surface area contributed by atoms with Gasteiger partial charge >= 0.3 is 6.09 Å². The molecule has 2 aromatic rings. The van der Waals surface area contributed by atoms with E-state index in [2.05, 4.69) is 5.32 Å². The number of methoxy groups -OCH3 is 1. The quantitative estimate of drug-likeness (QED) is 0.875. The first-order valence-electron chi connectivity index (χ1n) is 6.32. The fraction of sp³-hybridized carbons (Fsp3) is 0.0667. The normalized spacial score (nSPS) is 10.0. The molecule has 0 bridgehead atoms. The Bertz CT molecular complexity index is 765. The van der Waals surface area contributed by atoms with E-state index in [1.165, 1.54) is 31.4 Å². The number of benzene rings is 2. The summed E-state index contributed by atoms with van der Waals surface area (Å²) in [5, 5.41) is 3.35. The van der Waals surface area contributed by atoms with E-state index in [4.69, 9.17) is 38.4 Å². The Kier molecular flexibility index (Phi) is 5.31. The number of nitrogens with two attached hydrogens (primary N) is 1. The molecular formula is C15H12Cl2N2O4. The molecule has 120 valence electrons. The zero-order valence-corrected chi connectivity index (χ0v) is 13.4. The number of hydrogen-bond acceptors (Lipinski definition) is 4. The number of anilines is 1. The van der Waals surface area contributed by atoms with Gasteiger partial charge in [-0.3, -0.25) is 4.79 Å². The van der Waals surface area contributed by atoms with Gasteiger partial charge in [-0.05, 0) is 36.4 Å². The molecule has 0 radical (unpaired) electrons. The second kappa shape index (κ2) is 7.21. The van der Waals surface area contributed by atoms with Crippen LogP contribution in [0.2, 0.25) is 10.0 Å². The number of primary amides is 1. The van der Waals surface area contributed by atoms with Crippen molar-refractivity contribution in [3.8, 4) is 11.5 Å². The standard InChI is InChI=1S/C15H12Cl2N2O4/c1-22-12-5-2-8(6-13(12)23-15(18)21)14(20)19-9-3-4-10(16)11(17)7-9/h2-7H,1H3,(H2,18,21)(H,19,20). The molecule has 0 aromatic heterocycles. The van der Waals surface area contributed by atoms with E-state index in [0.29, 0.717) is 15.7 Å². The molecule has 0 heterocycles. The summed E-state index contributed by atoms with van der Waals surface area (Å²) in [5.74, 6) is -0.114. The number of rotatable bonds is 4. The molecule has 0 unspecified atom stereocenters. The second-order valence-electron chi connectivity index (χ2n) is 4.37. The van der Waals surface area contributed by atoms with Gasteiger partial charge in [-0.2, -0.15) is 0 Å². The molecule has 6 nitrogen and oxygen atoms in total. The van der Waals surface area contributed by atoms with Crippen LogP contribution in [0.1, 0.15) is 10.4 Å². The van der Waals surface area contributed by atoms with Crippen LogP contribution in [0.5, 0.6) is 11.5 Å². The fourth-order valence-corrected chi connectivity index (χ4v) is 2.08. The van der Waals surface area contributed by atoms with Crippen molar-refractivity contribution in [1.82, 2.24) is 0 Å². The highest BCUT2D eigenvalue weighted by atomic mass is 35.5. The summed E-state index contributed by atoms with van der Waals surface area (Å²) in [6.07, 6.45) is -1.01. The van der Waals surface area contributed by atoms with E-state index >= 15 is 0 Å². The zero-order chi connectivity index (χ0) is 17.0. The topological polar surface area (TPSA) is 90.7 Å². The fourth-order valence-electron chi connectivity index (χ4n) is 1.78. The van der Waals surface area contributed by atoms with Crippen LogP contribution in [0.15, 0.2) is 36.4 Å². The Morgan fingerprint density at radius 2 is 1.78 bits per heavy atom. The molecule has 2 amide bonds. The number of amides is 2. The van der Waals surface area contributed by atoms with Gasteiger partial charge in [0.05, 0.1) is 17.2 Å². The average molecular weight is 355 g/mol. The van der Waals surface area contributed by atoms with Gasteiger partial charge in [0.25, 0.3) is 5.91 Å². The summed E-state index contributed by atoms with van der Waals surface area (Å²) in [6, 6.07) is 9.04. The minimum Gasteiger partial charge on any atom is -0.493 e. The maximum absolute atomic E-state index is 12.2. The number of halogens is 2. The predicted molar refractivity (Wildman–Crippen MR) is 87.6 cm³/mol. The Morgan fingerprint density at radius 1 is 1.04 bits per heavy atom. The average Bonchev–Trinajstić information content (AvgIpc) is 2.50. The zero-order valence-electron chi connectivity index (χ0n) is 11.9. The van der Waals surface area contributed by atoms with Crippen LogP contribution < -0.4 is 20.5 Å². The molecule has 0 saturated heterocycles. The first-order valence-corrected chi connectivity index (χ1v) is 7.08. The summed E-state index contributed by atoms with van der Waals surface area (Å²) in [4.78, 5) is 23.1. The van der Waals surface area contributed by atoms with Crippen LogP contribution in [0.25, 0.3) is 0 Å². The molecule has 2 aromatic carbocycles. The van der Waals surface area contributed by atoms with Crippen molar-refractivity contribution >= 4 is 40.9 Å². The lowest BCUT2D eigenvalue weighted by molar-refractivity contribution is 0.102. The summed E-state index contributed by atoms with van der Waals surface area (Å²) in [7, 11) is 1.40. The van der Waals surface area contributed by atoms with Crippen LogP contribution in [0.3, 0.4) is 0 Å². The smallest absolute Gasteiger partial charge is 0.410 e. The maximum atomic E-state index is 12.2. The number of ether oxygens (including phenoxy) is 2. The van der Waals surface area contributed by atoms with Gasteiger partial charge in [-0.25, -0.2) is 4.79 Å². The summed E-state index contributed by atoms with van der Waals surface area (Å²) >= 11 is 11.7. The van der Waals surface area contributed by atoms with Gasteiger partial charge < -0.3 is 20.5 Å². The number of carbonyl (C=O) groups excluding carboxylic acids is 2. The Morgan fingerprint density at radius 3 is 2.39 bits per heavy atom. The van der Waals surface area contributed by atoms with Crippen LogP contribution in [0, 0.1) is 0 Å². The van der Waals surface area contributed by atoms with E-state index in [1.54, 1.807) is 12.1 Å². The van der Waals surface area contributed by atoms with Crippen LogP contribution in [0.4, 0.5) is 10.5 Å². The van der Waals surface area contributed by atoms with Gasteiger partial charge in [-0.15, -0.1) is 0 Å². The maximum Gasteiger partial charge on any atom is 0.410 e. The largest absolute Gasteiger partial charge is 0.493 e. The molecule has 2 rings (SSSR count). The third kappa shape index (κ3) is 4.28. The predicted octanol–water partition coefficient (Wildman–Crippen LogP) is 3.71. The lowest BCUT2D eigenvalue weighted by Crippen LogP contribution is -2.17. The molecule has 0 atom stereocenters. The molecule has 0 aliphatic carbocycles. The minimum absolute atomic E-state index is 0.0433. The Labute approximate surface area is 142 Å². The minimum atomic E-state index is -1.01. The highest BCUT2D eigenvalue weighted by molar-refractivity contribution is 6.42. The van der Waals surface area contributed by atoms with Crippen molar-refractivity contribution in [1.29, 1.82) is 0 Å². The lowest BCUT2D eigenvalue weighted by atomic mass is 10.2. The van der Waals surface area contributed by atoms with Gasteiger partial charge in [-0.1, -0.05) is 23.2 Å². The molecule has 0 fully saturated rings. The molecule has 0 saturated carbocycles. The molecule has 0 aliphatic heterocycles.